The second-order valence-electron chi connectivity index (χ2n) is 3.00. The summed E-state index contributed by atoms with van der Waals surface area (Å²) in [6.07, 6.45) is 0.340. The van der Waals surface area contributed by atoms with E-state index in [-0.39, 0.29) is 11.9 Å². The van der Waals surface area contributed by atoms with Crippen LogP contribution in [-0.4, -0.2) is 28.9 Å². The number of hydrogen-bond acceptors (Lipinski definition) is 4. The van der Waals surface area contributed by atoms with Gasteiger partial charge in [0.05, 0.1) is 18.0 Å². The van der Waals surface area contributed by atoms with Crippen LogP contribution in [0.1, 0.15) is 23.8 Å². The Morgan fingerprint density at radius 1 is 1.86 bits per heavy atom. The minimum Gasteiger partial charge on any atom is -0.337 e. The molecule has 0 aromatic carbocycles. The zero-order valence-electron chi connectivity index (χ0n) is 8.10. The molecule has 4 nitrogen and oxygen atoms in total. The number of nitrogens with zero attached hydrogens (tertiary/aromatic N) is 3. The zero-order chi connectivity index (χ0) is 10.6. The summed E-state index contributed by atoms with van der Waals surface area (Å²) in [6.45, 7) is 1.84. The largest absolute Gasteiger partial charge is 0.337 e. The molecule has 1 rings (SSSR count). The number of aromatic nitrogens is 1. The Bertz CT molecular complexity index is 341. The maximum atomic E-state index is 11.7. The van der Waals surface area contributed by atoms with Gasteiger partial charge in [-0.1, -0.05) is 0 Å². The Balaban J connectivity index is 2.67. The van der Waals surface area contributed by atoms with E-state index in [1.165, 1.54) is 16.2 Å². The van der Waals surface area contributed by atoms with Crippen molar-refractivity contribution in [2.24, 2.45) is 0 Å². The molecule has 1 atom stereocenters. The normalized spacial score (nSPS) is 11.8. The lowest BCUT2D eigenvalue weighted by molar-refractivity contribution is 0.0741. The first-order valence-corrected chi connectivity index (χ1v) is 5.13. The predicted molar refractivity (Wildman–Crippen MR) is 53.9 cm³/mol. The molecule has 74 valence electrons. The summed E-state index contributed by atoms with van der Waals surface area (Å²) in [4.78, 5) is 17.1. The van der Waals surface area contributed by atoms with Crippen LogP contribution in [-0.2, 0) is 0 Å². The predicted octanol–water partition coefficient (Wildman–Crippen LogP) is 1.52. The molecule has 0 saturated carbocycles. The van der Waals surface area contributed by atoms with Gasteiger partial charge >= 0.3 is 0 Å². The number of rotatable bonds is 3. The second-order valence-corrected chi connectivity index (χ2v) is 3.72. The van der Waals surface area contributed by atoms with Crippen molar-refractivity contribution in [3.05, 3.63) is 16.6 Å². The average Bonchev–Trinajstić information content (AvgIpc) is 2.68. The molecule has 1 aromatic rings. The van der Waals surface area contributed by atoms with Crippen molar-refractivity contribution in [3.63, 3.8) is 0 Å². The van der Waals surface area contributed by atoms with Gasteiger partial charge in [0.2, 0.25) is 0 Å². The fourth-order valence-corrected chi connectivity index (χ4v) is 1.49. The van der Waals surface area contributed by atoms with Crippen LogP contribution >= 0.6 is 11.3 Å². The number of carbonyl (C=O) groups is 1. The van der Waals surface area contributed by atoms with Gasteiger partial charge in [-0.3, -0.25) is 4.79 Å². The van der Waals surface area contributed by atoms with Crippen molar-refractivity contribution in [2.45, 2.75) is 19.4 Å². The molecule has 0 radical (unpaired) electrons. The number of nitriles is 1. The first-order chi connectivity index (χ1) is 6.66. The Morgan fingerprint density at radius 2 is 2.57 bits per heavy atom. The third-order valence-electron chi connectivity index (χ3n) is 2.02. The lowest BCUT2D eigenvalue weighted by atomic mass is 10.2. The summed E-state index contributed by atoms with van der Waals surface area (Å²) >= 11 is 1.39. The maximum Gasteiger partial charge on any atom is 0.273 e. The van der Waals surface area contributed by atoms with Crippen LogP contribution in [0.5, 0.6) is 0 Å². The number of amides is 1. The molecular weight excluding hydrogens is 198 g/mol. The number of carbonyl (C=O) groups excluding carboxylic acids is 1. The zero-order valence-corrected chi connectivity index (χ0v) is 8.91. The average molecular weight is 209 g/mol. The van der Waals surface area contributed by atoms with E-state index in [9.17, 15) is 4.79 Å². The van der Waals surface area contributed by atoms with E-state index in [1.807, 2.05) is 13.0 Å². The van der Waals surface area contributed by atoms with Crippen molar-refractivity contribution in [2.75, 3.05) is 7.05 Å². The van der Waals surface area contributed by atoms with Crippen LogP contribution in [0.25, 0.3) is 0 Å². The molecule has 5 heteroatoms. The van der Waals surface area contributed by atoms with Crippen LogP contribution in [0.4, 0.5) is 0 Å². The van der Waals surface area contributed by atoms with Gasteiger partial charge in [-0.05, 0) is 6.92 Å². The molecule has 0 N–H and O–H groups in total. The molecule has 0 saturated heterocycles. The first kappa shape index (κ1) is 10.7. The maximum absolute atomic E-state index is 11.7. The summed E-state index contributed by atoms with van der Waals surface area (Å²) in [5.74, 6) is -0.131. The SMILES string of the molecule is CC(CC#N)N(C)C(=O)c1cscn1. The van der Waals surface area contributed by atoms with E-state index < -0.39 is 0 Å². The van der Waals surface area contributed by atoms with Crippen molar-refractivity contribution in [1.82, 2.24) is 9.88 Å². The molecule has 1 unspecified atom stereocenters. The monoisotopic (exact) mass is 209 g/mol. The molecule has 0 aliphatic rings. The Hall–Kier alpha value is -1.41. The third-order valence-corrected chi connectivity index (χ3v) is 2.61. The van der Waals surface area contributed by atoms with E-state index in [2.05, 4.69) is 4.98 Å². The van der Waals surface area contributed by atoms with Gasteiger partial charge in [0, 0.05) is 18.5 Å². The summed E-state index contributed by atoms with van der Waals surface area (Å²) in [7, 11) is 1.68. The number of hydrogen-bond donors (Lipinski definition) is 0. The summed E-state index contributed by atoms with van der Waals surface area (Å²) in [5.41, 5.74) is 2.07. The standard InChI is InChI=1S/C9H11N3OS/c1-7(3-4-10)12(2)9(13)8-5-14-6-11-8/h5-7H,3H2,1-2H3. The minimum atomic E-state index is -0.131. The minimum absolute atomic E-state index is 0.0748. The molecule has 0 bridgehead atoms. The molecule has 0 aliphatic carbocycles. The molecular formula is C9H11N3OS. The van der Waals surface area contributed by atoms with Gasteiger partial charge in [-0.15, -0.1) is 11.3 Å². The molecule has 0 spiro atoms. The van der Waals surface area contributed by atoms with E-state index in [0.29, 0.717) is 12.1 Å². The van der Waals surface area contributed by atoms with Gasteiger partial charge in [-0.25, -0.2) is 4.98 Å². The fraction of sp³-hybridized carbons (Fsp3) is 0.444. The van der Waals surface area contributed by atoms with Crippen molar-refractivity contribution < 1.29 is 4.79 Å². The second kappa shape index (κ2) is 4.72. The molecule has 1 heterocycles. The van der Waals surface area contributed by atoms with Crippen molar-refractivity contribution in [1.29, 1.82) is 5.26 Å². The highest BCUT2D eigenvalue weighted by atomic mass is 32.1. The highest BCUT2D eigenvalue weighted by Gasteiger charge is 2.18. The summed E-state index contributed by atoms with van der Waals surface area (Å²) in [6, 6.07) is 1.96. The van der Waals surface area contributed by atoms with Gasteiger partial charge in [0.15, 0.2) is 0 Å². The van der Waals surface area contributed by atoms with Gasteiger partial charge in [-0.2, -0.15) is 5.26 Å². The molecule has 14 heavy (non-hydrogen) atoms. The highest BCUT2D eigenvalue weighted by molar-refractivity contribution is 7.07. The Labute approximate surface area is 86.8 Å². The van der Waals surface area contributed by atoms with Gasteiger partial charge in [0.1, 0.15) is 5.69 Å². The van der Waals surface area contributed by atoms with Crippen LogP contribution < -0.4 is 0 Å². The topological polar surface area (TPSA) is 57.0 Å². The molecule has 1 amide bonds. The highest BCUT2D eigenvalue weighted by Crippen LogP contribution is 2.08. The molecule has 0 fully saturated rings. The Morgan fingerprint density at radius 3 is 3.07 bits per heavy atom. The fourth-order valence-electron chi connectivity index (χ4n) is 0.968. The van der Waals surface area contributed by atoms with E-state index in [1.54, 1.807) is 17.9 Å². The molecule has 0 aliphatic heterocycles. The van der Waals surface area contributed by atoms with E-state index >= 15 is 0 Å². The quantitative estimate of drug-likeness (QED) is 0.758. The van der Waals surface area contributed by atoms with Crippen molar-refractivity contribution in [3.8, 4) is 6.07 Å². The van der Waals surface area contributed by atoms with Crippen molar-refractivity contribution >= 4 is 17.2 Å². The first-order valence-electron chi connectivity index (χ1n) is 4.19. The smallest absolute Gasteiger partial charge is 0.273 e. The summed E-state index contributed by atoms with van der Waals surface area (Å²) in [5, 5.41) is 10.2. The summed E-state index contributed by atoms with van der Waals surface area (Å²) < 4.78 is 0. The van der Waals surface area contributed by atoms with Crippen LogP contribution in [0.2, 0.25) is 0 Å². The van der Waals surface area contributed by atoms with E-state index in [0.717, 1.165) is 0 Å². The number of thiazole rings is 1. The van der Waals surface area contributed by atoms with Gasteiger partial charge < -0.3 is 4.90 Å². The van der Waals surface area contributed by atoms with Crippen LogP contribution in [0.15, 0.2) is 10.9 Å². The third kappa shape index (κ3) is 2.30. The van der Waals surface area contributed by atoms with E-state index in [4.69, 9.17) is 5.26 Å². The van der Waals surface area contributed by atoms with Crippen LogP contribution in [0.3, 0.4) is 0 Å². The molecule has 1 aromatic heterocycles. The van der Waals surface area contributed by atoms with Gasteiger partial charge in [0.25, 0.3) is 5.91 Å². The lowest BCUT2D eigenvalue weighted by Gasteiger charge is -2.21. The lowest BCUT2D eigenvalue weighted by Crippen LogP contribution is -2.34. The van der Waals surface area contributed by atoms with Crippen LogP contribution in [0, 0.1) is 11.3 Å². The Kier molecular flexibility index (Phi) is 3.60.